The van der Waals surface area contributed by atoms with Crippen LogP contribution in [0.25, 0.3) is 10.2 Å². The average molecular weight is 403 g/mol. The van der Waals surface area contributed by atoms with Gasteiger partial charge in [-0.3, -0.25) is 14.2 Å². The van der Waals surface area contributed by atoms with Crippen LogP contribution in [0, 0.1) is 19.7 Å². The molecule has 0 unspecified atom stereocenters. The lowest BCUT2D eigenvalue weighted by Gasteiger charge is -2.21. The molecule has 1 amide bonds. The van der Waals surface area contributed by atoms with Gasteiger partial charge in [-0.15, -0.1) is 11.3 Å². The monoisotopic (exact) mass is 403 g/mol. The van der Waals surface area contributed by atoms with Crippen LogP contribution >= 0.6 is 11.3 Å². The predicted molar refractivity (Wildman–Crippen MR) is 107 cm³/mol. The van der Waals surface area contributed by atoms with Crippen molar-refractivity contribution in [3.8, 4) is 5.75 Å². The van der Waals surface area contributed by atoms with Gasteiger partial charge in [-0.25, -0.2) is 9.37 Å². The van der Waals surface area contributed by atoms with Crippen LogP contribution in [0.1, 0.15) is 22.9 Å². The number of halogens is 1. The van der Waals surface area contributed by atoms with E-state index in [2.05, 4.69) is 4.98 Å². The van der Waals surface area contributed by atoms with Crippen molar-refractivity contribution >= 4 is 27.5 Å². The predicted octanol–water partition coefficient (Wildman–Crippen LogP) is 3.27. The van der Waals surface area contributed by atoms with E-state index in [1.807, 2.05) is 20.8 Å². The fraction of sp³-hybridized carbons (Fsp3) is 0.350. The maximum absolute atomic E-state index is 13.9. The van der Waals surface area contributed by atoms with E-state index in [0.29, 0.717) is 22.3 Å². The molecular formula is C20H22FN3O3S. The van der Waals surface area contributed by atoms with Gasteiger partial charge in [0, 0.05) is 18.0 Å². The Morgan fingerprint density at radius 3 is 2.75 bits per heavy atom. The number of rotatable bonds is 6. The fourth-order valence-corrected chi connectivity index (χ4v) is 4.02. The number of nitrogens with zero attached hydrogens (tertiary/aromatic N) is 3. The zero-order chi connectivity index (χ0) is 20.4. The highest BCUT2D eigenvalue weighted by Crippen LogP contribution is 2.25. The highest BCUT2D eigenvalue weighted by Gasteiger charge is 2.17. The van der Waals surface area contributed by atoms with Crippen LogP contribution in [0.3, 0.4) is 0 Å². The third-order valence-electron chi connectivity index (χ3n) is 4.79. The van der Waals surface area contributed by atoms with Gasteiger partial charge in [0.1, 0.15) is 11.4 Å². The van der Waals surface area contributed by atoms with Crippen LogP contribution in [0.4, 0.5) is 4.39 Å². The summed E-state index contributed by atoms with van der Waals surface area (Å²) in [6.07, 6.45) is 1.42. The zero-order valence-corrected chi connectivity index (χ0v) is 17.1. The largest absolute Gasteiger partial charge is 0.494 e. The Balaban J connectivity index is 1.82. The van der Waals surface area contributed by atoms with Crippen molar-refractivity contribution in [1.82, 2.24) is 14.5 Å². The normalized spacial score (nSPS) is 11.0. The summed E-state index contributed by atoms with van der Waals surface area (Å²) >= 11 is 1.47. The van der Waals surface area contributed by atoms with Crippen molar-refractivity contribution < 1.29 is 13.9 Å². The SMILES string of the molecule is CCN(Cc1ccc(OC)c(F)c1)C(=O)Cn1cnc2sc(C)c(C)c2c1=O. The lowest BCUT2D eigenvalue weighted by Crippen LogP contribution is -2.36. The van der Waals surface area contributed by atoms with Crippen LogP contribution in [-0.2, 0) is 17.9 Å². The van der Waals surface area contributed by atoms with Crippen LogP contribution in [0.5, 0.6) is 5.75 Å². The van der Waals surface area contributed by atoms with E-state index in [4.69, 9.17) is 4.74 Å². The van der Waals surface area contributed by atoms with E-state index in [1.54, 1.807) is 11.0 Å². The molecule has 3 aromatic rings. The van der Waals surface area contributed by atoms with Crippen molar-refractivity contribution in [1.29, 1.82) is 0 Å². The molecule has 0 fully saturated rings. The van der Waals surface area contributed by atoms with E-state index in [1.165, 1.54) is 41.5 Å². The Labute approximate surface area is 166 Å². The quantitative estimate of drug-likeness (QED) is 0.634. The van der Waals surface area contributed by atoms with Crippen molar-refractivity contribution in [2.75, 3.05) is 13.7 Å². The van der Waals surface area contributed by atoms with Crippen LogP contribution in [0.15, 0.2) is 29.3 Å². The molecule has 1 aromatic carbocycles. The molecule has 0 aliphatic heterocycles. The molecule has 0 atom stereocenters. The van der Waals surface area contributed by atoms with Crippen molar-refractivity contribution in [3.63, 3.8) is 0 Å². The number of aromatic nitrogens is 2. The Morgan fingerprint density at radius 2 is 2.11 bits per heavy atom. The second-order valence-electron chi connectivity index (χ2n) is 6.52. The number of ether oxygens (including phenoxy) is 1. The average Bonchev–Trinajstić information content (AvgIpc) is 2.96. The number of benzene rings is 1. The molecule has 2 aromatic heterocycles. The first-order valence-electron chi connectivity index (χ1n) is 8.91. The van der Waals surface area contributed by atoms with Crippen molar-refractivity contribution in [2.24, 2.45) is 0 Å². The summed E-state index contributed by atoms with van der Waals surface area (Å²) in [7, 11) is 1.40. The molecule has 0 bridgehead atoms. The molecule has 0 radical (unpaired) electrons. The second kappa shape index (κ2) is 8.10. The summed E-state index contributed by atoms with van der Waals surface area (Å²) in [4.78, 5) is 33.2. The first-order valence-corrected chi connectivity index (χ1v) is 9.72. The number of aryl methyl sites for hydroxylation is 2. The molecule has 8 heteroatoms. The van der Waals surface area contributed by atoms with Gasteiger partial charge in [0.25, 0.3) is 5.56 Å². The maximum atomic E-state index is 13.9. The van der Waals surface area contributed by atoms with E-state index >= 15 is 0 Å². The molecule has 0 aliphatic rings. The minimum absolute atomic E-state index is 0.109. The first kappa shape index (κ1) is 20.0. The second-order valence-corrected chi connectivity index (χ2v) is 7.72. The van der Waals surface area contributed by atoms with Gasteiger partial charge >= 0.3 is 0 Å². The van der Waals surface area contributed by atoms with E-state index in [0.717, 1.165) is 10.4 Å². The van der Waals surface area contributed by atoms with Gasteiger partial charge in [-0.1, -0.05) is 6.07 Å². The molecule has 28 heavy (non-hydrogen) atoms. The number of thiophene rings is 1. The molecule has 0 saturated carbocycles. The number of carbonyl (C=O) groups is 1. The van der Waals surface area contributed by atoms with Gasteiger partial charge in [-0.05, 0) is 44.0 Å². The molecule has 0 spiro atoms. The minimum Gasteiger partial charge on any atom is -0.494 e. The zero-order valence-electron chi connectivity index (χ0n) is 16.3. The van der Waals surface area contributed by atoms with Crippen molar-refractivity contribution in [2.45, 2.75) is 33.9 Å². The van der Waals surface area contributed by atoms with Gasteiger partial charge in [0.2, 0.25) is 5.91 Å². The number of carbonyl (C=O) groups excluding carboxylic acids is 1. The summed E-state index contributed by atoms with van der Waals surface area (Å²) in [5.41, 5.74) is 1.34. The fourth-order valence-electron chi connectivity index (χ4n) is 3.03. The summed E-state index contributed by atoms with van der Waals surface area (Å²) in [6.45, 7) is 6.26. The highest BCUT2D eigenvalue weighted by atomic mass is 32.1. The Hall–Kier alpha value is -2.74. The van der Waals surface area contributed by atoms with E-state index in [9.17, 15) is 14.0 Å². The number of amides is 1. The number of methoxy groups -OCH3 is 1. The third-order valence-corrected chi connectivity index (χ3v) is 5.90. The van der Waals surface area contributed by atoms with E-state index in [-0.39, 0.29) is 30.3 Å². The van der Waals surface area contributed by atoms with E-state index < -0.39 is 5.82 Å². The molecule has 148 valence electrons. The Bertz CT molecular complexity index is 1090. The number of likely N-dealkylation sites (N-methyl/N-ethyl adjacent to an activating group) is 1. The standard InChI is InChI=1S/C20H22FN3O3S/c1-5-23(9-14-6-7-16(27-4)15(21)8-14)17(25)10-24-11-22-19-18(20(24)26)12(2)13(3)28-19/h6-8,11H,5,9-10H2,1-4H3. The van der Waals surface area contributed by atoms with Crippen molar-refractivity contribution in [3.05, 3.63) is 56.7 Å². The summed E-state index contributed by atoms with van der Waals surface area (Å²) in [5, 5.41) is 0.568. The van der Waals surface area contributed by atoms with Gasteiger partial charge in [0.15, 0.2) is 11.6 Å². The lowest BCUT2D eigenvalue weighted by atomic mass is 10.2. The van der Waals surface area contributed by atoms with Gasteiger partial charge < -0.3 is 9.64 Å². The number of hydrogen-bond donors (Lipinski definition) is 0. The molecule has 0 aliphatic carbocycles. The minimum atomic E-state index is -0.474. The topological polar surface area (TPSA) is 64.4 Å². The Morgan fingerprint density at radius 1 is 1.36 bits per heavy atom. The highest BCUT2D eigenvalue weighted by molar-refractivity contribution is 7.18. The molecule has 0 N–H and O–H groups in total. The molecule has 3 rings (SSSR count). The molecule has 0 saturated heterocycles. The molecular weight excluding hydrogens is 381 g/mol. The third kappa shape index (κ3) is 3.77. The van der Waals surface area contributed by atoms with Gasteiger partial charge in [0.05, 0.1) is 18.8 Å². The van der Waals surface area contributed by atoms with Crippen LogP contribution < -0.4 is 10.3 Å². The summed E-state index contributed by atoms with van der Waals surface area (Å²) < 4.78 is 20.2. The number of hydrogen-bond acceptors (Lipinski definition) is 5. The van der Waals surface area contributed by atoms with Crippen LogP contribution in [0.2, 0.25) is 0 Å². The first-order chi connectivity index (χ1) is 13.3. The summed E-state index contributed by atoms with van der Waals surface area (Å²) in [5.74, 6) is -0.547. The summed E-state index contributed by atoms with van der Waals surface area (Å²) in [6, 6.07) is 4.61. The molecule has 2 heterocycles. The van der Waals surface area contributed by atoms with Crippen LogP contribution in [-0.4, -0.2) is 34.0 Å². The lowest BCUT2D eigenvalue weighted by molar-refractivity contribution is -0.132. The smallest absolute Gasteiger partial charge is 0.262 e. The number of fused-ring (bicyclic) bond motifs is 1. The Kier molecular flexibility index (Phi) is 5.79. The maximum Gasteiger partial charge on any atom is 0.262 e. The molecule has 6 nitrogen and oxygen atoms in total. The van der Waals surface area contributed by atoms with Gasteiger partial charge in [-0.2, -0.15) is 0 Å².